The smallest absolute Gasteiger partial charge is 0.105 e. The van der Waals surface area contributed by atoms with Gasteiger partial charge in [-0.15, -0.1) is 11.3 Å². The molecule has 0 aliphatic rings. The minimum atomic E-state index is 0.0457. The average molecular weight is 250 g/mol. The molecule has 0 bridgehead atoms. The van der Waals surface area contributed by atoms with E-state index in [0.717, 1.165) is 4.47 Å². The Morgan fingerprint density at radius 1 is 1.75 bits per heavy atom. The highest BCUT2D eigenvalue weighted by Gasteiger charge is 2.13. The van der Waals surface area contributed by atoms with Crippen LogP contribution < -0.4 is 5.73 Å². The van der Waals surface area contributed by atoms with Crippen molar-refractivity contribution in [2.75, 3.05) is 13.2 Å². The molecule has 0 saturated heterocycles. The highest BCUT2D eigenvalue weighted by Crippen LogP contribution is 2.30. The molecule has 2 nitrogen and oxygen atoms in total. The van der Waals surface area contributed by atoms with Crippen LogP contribution in [0.4, 0.5) is 0 Å². The second kappa shape index (κ2) is 4.97. The summed E-state index contributed by atoms with van der Waals surface area (Å²) in [5.41, 5.74) is 5.58. The van der Waals surface area contributed by atoms with E-state index in [0.29, 0.717) is 13.2 Å². The molecule has 0 radical (unpaired) electrons. The van der Waals surface area contributed by atoms with E-state index in [4.69, 9.17) is 10.5 Å². The molecule has 0 aliphatic heterocycles. The van der Waals surface area contributed by atoms with Crippen molar-refractivity contribution in [1.82, 2.24) is 0 Å². The third-order valence-corrected chi connectivity index (χ3v) is 3.48. The number of halogens is 1. The molecule has 68 valence electrons. The van der Waals surface area contributed by atoms with Crippen LogP contribution in [-0.4, -0.2) is 13.2 Å². The van der Waals surface area contributed by atoms with Crippen LogP contribution in [0.2, 0.25) is 0 Å². The van der Waals surface area contributed by atoms with Gasteiger partial charge in [-0.3, -0.25) is 0 Å². The molecule has 0 spiro atoms. The van der Waals surface area contributed by atoms with E-state index < -0.39 is 0 Å². The van der Waals surface area contributed by atoms with Crippen molar-refractivity contribution in [3.8, 4) is 0 Å². The van der Waals surface area contributed by atoms with E-state index >= 15 is 0 Å². The molecule has 1 atom stereocenters. The molecule has 0 amide bonds. The molecule has 1 aromatic heterocycles. The maximum Gasteiger partial charge on any atom is 0.105 e. The van der Waals surface area contributed by atoms with Crippen molar-refractivity contribution >= 4 is 27.3 Å². The number of hydrogen-bond donors (Lipinski definition) is 1. The molecule has 1 unspecified atom stereocenters. The van der Waals surface area contributed by atoms with Gasteiger partial charge in [-0.05, 0) is 34.3 Å². The van der Waals surface area contributed by atoms with Crippen LogP contribution >= 0.6 is 27.3 Å². The van der Waals surface area contributed by atoms with E-state index in [1.807, 2.05) is 18.4 Å². The first kappa shape index (κ1) is 10.2. The van der Waals surface area contributed by atoms with E-state index in [1.54, 1.807) is 11.3 Å². The van der Waals surface area contributed by atoms with Gasteiger partial charge in [0.05, 0.1) is 0 Å². The van der Waals surface area contributed by atoms with Gasteiger partial charge in [0.15, 0.2) is 0 Å². The normalized spacial score (nSPS) is 13.2. The first-order valence-electron chi connectivity index (χ1n) is 3.84. The predicted molar refractivity (Wildman–Crippen MR) is 55.4 cm³/mol. The summed E-state index contributed by atoms with van der Waals surface area (Å²) in [6.07, 6.45) is 0.0457. The van der Waals surface area contributed by atoms with Gasteiger partial charge in [-0.2, -0.15) is 0 Å². The van der Waals surface area contributed by atoms with Gasteiger partial charge >= 0.3 is 0 Å². The topological polar surface area (TPSA) is 35.2 Å². The van der Waals surface area contributed by atoms with Crippen LogP contribution in [0.25, 0.3) is 0 Å². The molecule has 2 N–H and O–H groups in total. The lowest BCUT2D eigenvalue weighted by molar-refractivity contribution is 0.0709. The van der Waals surface area contributed by atoms with E-state index in [-0.39, 0.29) is 6.10 Å². The lowest BCUT2D eigenvalue weighted by atomic mass is 10.3. The van der Waals surface area contributed by atoms with Gasteiger partial charge in [-0.25, -0.2) is 0 Å². The van der Waals surface area contributed by atoms with Gasteiger partial charge < -0.3 is 10.5 Å². The molecule has 1 rings (SSSR count). The van der Waals surface area contributed by atoms with Gasteiger partial charge in [0.2, 0.25) is 0 Å². The zero-order valence-electron chi connectivity index (χ0n) is 6.92. The van der Waals surface area contributed by atoms with E-state index in [2.05, 4.69) is 15.9 Å². The molecule has 0 aromatic carbocycles. The van der Waals surface area contributed by atoms with Gasteiger partial charge in [-0.1, -0.05) is 0 Å². The highest BCUT2D eigenvalue weighted by molar-refractivity contribution is 9.10. The van der Waals surface area contributed by atoms with Crippen molar-refractivity contribution in [2.24, 2.45) is 5.73 Å². The minimum Gasteiger partial charge on any atom is -0.372 e. The third kappa shape index (κ3) is 2.29. The summed E-state index contributed by atoms with van der Waals surface area (Å²) in [4.78, 5) is 1.18. The molecule has 12 heavy (non-hydrogen) atoms. The van der Waals surface area contributed by atoms with E-state index in [1.165, 1.54) is 4.88 Å². The SMILES string of the molecule is CCOC(CN)c1sccc1Br. The molecule has 1 heterocycles. The summed E-state index contributed by atoms with van der Waals surface area (Å²) in [6.45, 7) is 3.21. The van der Waals surface area contributed by atoms with Crippen molar-refractivity contribution in [1.29, 1.82) is 0 Å². The molecular formula is C8H12BrNOS. The number of ether oxygens (including phenoxy) is 1. The maximum absolute atomic E-state index is 5.58. The van der Waals surface area contributed by atoms with Crippen LogP contribution in [0.3, 0.4) is 0 Å². The van der Waals surface area contributed by atoms with E-state index in [9.17, 15) is 0 Å². The summed E-state index contributed by atoms with van der Waals surface area (Å²) in [5.74, 6) is 0. The second-order valence-electron chi connectivity index (χ2n) is 2.31. The fraction of sp³-hybridized carbons (Fsp3) is 0.500. The fourth-order valence-corrected chi connectivity index (χ4v) is 2.68. The zero-order valence-corrected chi connectivity index (χ0v) is 9.32. The Bertz CT molecular complexity index is 239. The first-order valence-corrected chi connectivity index (χ1v) is 5.51. The Kier molecular flexibility index (Phi) is 4.21. The van der Waals surface area contributed by atoms with Crippen molar-refractivity contribution in [2.45, 2.75) is 13.0 Å². The monoisotopic (exact) mass is 249 g/mol. The lowest BCUT2D eigenvalue weighted by Crippen LogP contribution is -2.14. The minimum absolute atomic E-state index is 0.0457. The number of nitrogens with two attached hydrogens (primary N) is 1. The van der Waals surface area contributed by atoms with Gasteiger partial charge in [0.1, 0.15) is 6.10 Å². The van der Waals surface area contributed by atoms with Crippen LogP contribution in [0, 0.1) is 0 Å². The van der Waals surface area contributed by atoms with Gasteiger partial charge in [0, 0.05) is 22.5 Å². The Hall–Kier alpha value is 0.100. The van der Waals surface area contributed by atoms with Crippen molar-refractivity contribution in [3.05, 3.63) is 20.8 Å². The lowest BCUT2D eigenvalue weighted by Gasteiger charge is -2.13. The summed E-state index contributed by atoms with van der Waals surface area (Å²) in [6, 6.07) is 2.02. The quantitative estimate of drug-likeness (QED) is 0.891. The largest absolute Gasteiger partial charge is 0.372 e. The Labute approximate surface area is 84.9 Å². The predicted octanol–water partition coefficient (Wildman–Crippen LogP) is 2.55. The zero-order chi connectivity index (χ0) is 8.97. The standard InChI is InChI=1S/C8H12BrNOS/c1-2-11-7(5-10)8-6(9)3-4-12-8/h3-4,7H,2,5,10H2,1H3. The Morgan fingerprint density at radius 2 is 2.50 bits per heavy atom. The highest BCUT2D eigenvalue weighted by atomic mass is 79.9. The fourth-order valence-electron chi connectivity index (χ4n) is 0.987. The van der Waals surface area contributed by atoms with Crippen molar-refractivity contribution < 1.29 is 4.74 Å². The van der Waals surface area contributed by atoms with Gasteiger partial charge in [0.25, 0.3) is 0 Å². The number of thiophene rings is 1. The van der Waals surface area contributed by atoms with Crippen molar-refractivity contribution in [3.63, 3.8) is 0 Å². The average Bonchev–Trinajstić information content (AvgIpc) is 2.47. The molecule has 1 aromatic rings. The number of rotatable bonds is 4. The summed E-state index contributed by atoms with van der Waals surface area (Å²) in [7, 11) is 0. The molecule has 0 aliphatic carbocycles. The molecule has 0 fully saturated rings. The summed E-state index contributed by atoms with van der Waals surface area (Å²) < 4.78 is 6.57. The number of hydrogen-bond acceptors (Lipinski definition) is 3. The summed E-state index contributed by atoms with van der Waals surface area (Å²) >= 11 is 5.12. The molecular weight excluding hydrogens is 238 g/mol. The summed E-state index contributed by atoms with van der Waals surface area (Å²) in [5, 5.41) is 2.03. The van der Waals surface area contributed by atoms with Crippen LogP contribution in [0.5, 0.6) is 0 Å². The third-order valence-electron chi connectivity index (χ3n) is 1.52. The Morgan fingerprint density at radius 3 is 2.92 bits per heavy atom. The van der Waals surface area contributed by atoms with Crippen LogP contribution in [-0.2, 0) is 4.74 Å². The van der Waals surface area contributed by atoms with Crippen LogP contribution in [0.1, 0.15) is 17.9 Å². The molecule has 4 heteroatoms. The first-order chi connectivity index (χ1) is 5.79. The van der Waals surface area contributed by atoms with Crippen LogP contribution in [0.15, 0.2) is 15.9 Å². The molecule has 0 saturated carbocycles. The Balaban J connectivity index is 2.72. The maximum atomic E-state index is 5.58. The second-order valence-corrected chi connectivity index (χ2v) is 4.11.